The predicted octanol–water partition coefficient (Wildman–Crippen LogP) is 6.93. The molecule has 148 valence electrons. The number of nitrogens with zero attached hydrogens (tertiary/aromatic N) is 1. The number of phenols is 1. The van der Waals surface area contributed by atoms with Crippen LogP contribution in [0.5, 0.6) is 5.75 Å². The topological polar surface area (TPSA) is 44.6 Å². The number of phenolic OH excluding ortho intramolecular Hbond substituents is 1. The maximum atomic E-state index is 13.7. The Morgan fingerprint density at radius 2 is 1.90 bits per heavy atom. The van der Waals surface area contributed by atoms with Crippen molar-refractivity contribution in [1.82, 2.24) is 5.32 Å². The van der Waals surface area contributed by atoms with Gasteiger partial charge in [-0.1, -0.05) is 45.7 Å². The van der Waals surface area contributed by atoms with Crippen LogP contribution in [0.25, 0.3) is 0 Å². The fourth-order valence-electron chi connectivity index (χ4n) is 3.41. The monoisotopic (exact) mass is 536 g/mol. The molecule has 0 bridgehead atoms. The maximum absolute atomic E-state index is 13.7. The Morgan fingerprint density at radius 1 is 1.07 bits per heavy atom. The number of halogens is 4. The van der Waals surface area contributed by atoms with Crippen LogP contribution in [0.15, 0.2) is 74.6 Å². The van der Waals surface area contributed by atoms with E-state index in [1.165, 1.54) is 6.07 Å². The van der Waals surface area contributed by atoms with E-state index in [4.69, 9.17) is 16.6 Å². The standard InChI is InChI=1S/C22H16Br2ClFN2O/c23-14-3-1-2-12(8-14)19-11-20(16-10-15(25)5-7-21(16)29)28-22(27-19)13-4-6-18(26)17(24)9-13/h1-10,20,22,28-29H,11H2/t20-,22+/m1/s1. The van der Waals surface area contributed by atoms with Crippen molar-refractivity contribution in [2.24, 2.45) is 4.99 Å². The molecule has 0 saturated heterocycles. The van der Waals surface area contributed by atoms with Crippen molar-refractivity contribution in [3.63, 3.8) is 0 Å². The van der Waals surface area contributed by atoms with E-state index in [2.05, 4.69) is 37.2 Å². The summed E-state index contributed by atoms with van der Waals surface area (Å²) < 4.78 is 15.1. The molecule has 3 aromatic rings. The Hall–Kier alpha value is -1.73. The summed E-state index contributed by atoms with van der Waals surface area (Å²) >= 11 is 12.9. The minimum atomic E-state index is -0.405. The zero-order chi connectivity index (χ0) is 20.5. The highest BCUT2D eigenvalue weighted by Crippen LogP contribution is 2.36. The first-order chi connectivity index (χ1) is 13.9. The van der Waals surface area contributed by atoms with Crippen LogP contribution in [0, 0.1) is 5.82 Å². The Bertz CT molecular complexity index is 1110. The Kier molecular flexibility index (Phi) is 6.06. The van der Waals surface area contributed by atoms with Crippen LogP contribution in [0.2, 0.25) is 5.02 Å². The van der Waals surface area contributed by atoms with Gasteiger partial charge in [-0.3, -0.25) is 10.3 Å². The Balaban J connectivity index is 1.79. The fraction of sp³-hybridized carbons (Fsp3) is 0.136. The van der Waals surface area contributed by atoms with Crippen LogP contribution in [0.4, 0.5) is 4.39 Å². The molecule has 3 aromatic carbocycles. The summed E-state index contributed by atoms with van der Waals surface area (Å²) in [5.41, 5.74) is 3.39. The van der Waals surface area contributed by atoms with Crippen molar-refractivity contribution in [2.75, 3.05) is 0 Å². The first-order valence-corrected chi connectivity index (χ1v) is 10.9. The third-order valence-electron chi connectivity index (χ3n) is 4.82. The Morgan fingerprint density at radius 3 is 2.66 bits per heavy atom. The molecule has 0 radical (unpaired) electrons. The van der Waals surface area contributed by atoms with E-state index in [0.29, 0.717) is 21.5 Å². The molecule has 0 spiro atoms. The van der Waals surface area contributed by atoms with E-state index >= 15 is 0 Å². The van der Waals surface area contributed by atoms with Gasteiger partial charge in [0.2, 0.25) is 0 Å². The zero-order valence-electron chi connectivity index (χ0n) is 15.0. The molecular weight excluding hydrogens is 523 g/mol. The molecule has 3 nitrogen and oxygen atoms in total. The molecule has 0 aromatic heterocycles. The smallest absolute Gasteiger partial charge is 0.137 e. The van der Waals surface area contributed by atoms with Gasteiger partial charge < -0.3 is 5.11 Å². The van der Waals surface area contributed by atoms with Crippen molar-refractivity contribution in [3.8, 4) is 5.75 Å². The summed E-state index contributed by atoms with van der Waals surface area (Å²) in [5, 5.41) is 14.4. The van der Waals surface area contributed by atoms with E-state index < -0.39 is 6.17 Å². The van der Waals surface area contributed by atoms with Gasteiger partial charge in [0.1, 0.15) is 17.7 Å². The van der Waals surface area contributed by atoms with Crippen molar-refractivity contribution >= 4 is 49.2 Å². The lowest BCUT2D eigenvalue weighted by Crippen LogP contribution is -2.33. The fourth-order valence-corrected chi connectivity index (χ4v) is 4.38. The van der Waals surface area contributed by atoms with E-state index in [0.717, 1.165) is 21.3 Å². The van der Waals surface area contributed by atoms with Gasteiger partial charge >= 0.3 is 0 Å². The van der Waals surface area contributed by atoms with Crippen molar-refractivity contribution in [2.45, 2.75) is 18.6 Å². The SMILES string of the molecule is Oc1ccc(Cl)cc1[C@H]1CC(c2cccc(Br)c2)=N[C@H](c2ccc(F)c(Br)c2)N1. The van der Waals surface area contributed by atoms with E-state index in [9.17, 15) is 9.50 Å². The second-order valence-corrected chi connectivity index (χ2v) is 9.00. The average molecular weight is 539 g/mol. The second kappa shape index (κ2) is 8.56. The molecule has 0 fully saturated rings. The Labute approximate surface area is 189 Å². The number of aliphatic imine (C=N–C) groups is 1. The van der Waals surface area contributed by atoms with Crippen LogP contribution in [-0.2, 0) is 0 Å². The van der Waals surface area contributed by atoms with Crippen LogP contribution in [0.1, 0.15) is 35.3 Å². The normalized spacial score (nSPS) is 19.1. The lowest BCUT2D eigenvalue weighted by Gasteiger charge is -2.31. The summed E-state index contributed by atoms with van der Waals surface area (Å²) in [6.45, 7) is 0. The molecule has 29 heavy (non-hydrogen) atoms. The quantitative estimate of drug-likeness (QED) is 0.380. The molecule has 2 N–H and O–H groups in total. The minimum Gasteiger partial charge on any atom is -0.508 e. The maximum Gasteiger partial charge on any atom is 0.137 e. The average Bonchev–Trinajstić information content (AvgIpc) is 2.71. The third kappa shape index (κ3) is 4.56. The molecule has 4 rings (SSSR count). The number of aromatic hydroxyl groups is 1. The third-order valence-corrected chi connectivity index (χ3v) is 6.16. The van der Waals surface area contributed by atoms with Crippen molar-refractivity contribution < 1.29 is 9.50 Å². The summed E-state index contributed by atoms with van der Waals surface area (Å²) in [6, 6.07) is 17.6. The van der Waals surface area contributed by atoms with Gasteiger partial charge in [-0.05, 0) is 69.5 Å². The zero-order valence-corrected chi connectivity index (χ0v) is 19.0. The summed E-state index contributed by atoms with van der Waals surface area (Å²) in [5.74, 6) is -0.161. The second-order valence-electron chi connectivity index (χ2n) is 6.79. The highest BCUT2D eigenvalue weighted by atomic mass is 79.9. The molecule has 1 heterocycles. The van der Waals surface area contributed by atoms with Crippen LogP contribution in [0.3, 0.4) is 0 Å². The first kappa shape index (κ1) is 20.5. The van der Waals surface area contributed by atoms with Gasteiger partial charge in [0.15, 0.2) is 0 Å². The molecule has 1 aliphatic heterocycles. The van der Waals surface area contributed by atoms with Crippen LogP contribution >= 0.6 is 43.5 Å². The van der Waals surface area contributed by atoms with Gasteiger partial charge in [-0.25, -0.2) is 4.39 Å². The van der Waals surface area contributed by atoms with Gasteiger partial charge in [0, 0.05) is 33.2 Å². The number of hydrogen-bond acceptors (Lipinski definition) is 3. The largest absolute Gasteiger partial charge is 0.508 e. The molecule has 0 amide bonds. The predicted molar refractivity (Wildman–Crippen MR) is 121 cm³/mol. The van der Waals surface area contributed by atoms with E-state index in [-0.39, 0.29) is 17.6 Å². The molecular formula is C22H16Br2ClFN2O. The number of benzene rings is 3. The van der Waals surface area contributed by atoms with Gasteiger partial charge in [0.05, 0.1) is 4.47 Å². The first-order valence-electron chi connectivity index (χ1n) is 8.93. The highest BCUT2D eigenvalue weighted by molar-refractivity contribution is 9.10. The van der Waals surface area contributed by atoms with Crippen LogP contribution < -0.4 is 5.32 Å². The summed E-state index contributed by atoms with van der Waals surface area (Å²) in [4.78, 5) is 4.89. The molecule has 2 atom stereocenters. The molecule has 0 unspecified atom stereocenters. The molecule has 0 aliphatic carbocycles. The molecule has 0 saturated carbocycles. The molecule has 7 heteroatoms. The van der Waals surface area contributed by atoms with Gasteiger partial charge in [-0.15, -0.1) is 0 Å². The highest BCUT2D eigenvalue weighted by Gasteiger charge is 2.28. The molecule has 1 aliphatic rings. The summed E-state index contributed by atoms with van der Waals surface area (Å²) in [7, 11) is 0. The van der Waals surface area contributed by atoms with Gasteiger partial charge in [0.25, 0.3) is 0 Å². The van der Waals surface area contributed by atoms with E-state index in [1.807, 2.05) is 24.3 Å². The van der Waals surface area contributed by atoms with Crippen LogP contribution in [-0.4, -0.2) is 10.8 Å². The number of hydrogen-bond donors (Lipinski definition) is 2. The minimum absolute atomic E-state index is 0.168. The lowest BCUT2D eigenvalue weighted by molar-refractivity contribution is 0.412. The van der Waals surface area contributed by atoms with Crippen molar-refractivity contribution in [1.29, 1.82) is 0 Å². The lowest BCUT2D eigenvalue weighted by atomic mass is 9.93. The van der Waals surface area contributed by atoms with E-state index in [1.54, 1.807) is 30.3 Å². The number of nitrogens with one attached hydrogen (secondary N) is 1. The summed E-state index contributed by atoms with van der Waals surface area (Å²) in [6.07, 6.45) is 0.168. The van der Waals surface area contributed by atoms with Crippen molar-refractivity contribution in [3.05, 3.63) is 97.1 Å². The number of rotatable bonds is 3. The van der Waals surface area contributed by atoms with Gasteiger partial charge in [-0.2, -0.15) is 0 Å².